The summed E-state index contributed by atoms with van der Waals surface area (Å²) >= 11 is 0. The molecule has 0 N–H and O–H groups in total. The average Bonchev–Trinajstić information content (AvgIpc) is 2.78. The standard InChI is InChI=1S/C24H32FN2O5.HI/c1-17-14-27(2,15-18-6-8-19(25)9-7-18)11-10-26(17)23(28)16-32-20-12-21(29-3)24(31-5)22(13-20)30-4;/h6-9,12-13,17H,10-11,14-16H2,1-5H3;1H/q+1;/p-1. The summed E-state index contributed by atoms with van der Waals surface area (Å²) < 4.78 is 35.7. The lowest BCUT2D eigenvalue weighted by molar-refractivity contribution is -0.928. The third-order valence-corrected chi connectivity index (χ3v) is 5.92. The van der Waals surface area contributed by atoms with Crippen LogP contribution in [0.1, 0.15) is 12.5 Å². The Hall–Kier alpha value is -2.27. The molecule has 2 aromatic rings. The van der Waals surface area contributed by atoms with Crippen LogP contribution in [0.2, 0.25) is 0 Å². The molecule has 2 atom stereocenters. The maximum absolute atomic E-state index is 13.2. The lowest BCUT2D eigenvalue weighted by Gasteiger charge is -2.45. The minimum atomic E-state index is -0.229. The van der Waals surface area contributed by atoms with Crippen molar-refractivity contribution in [2.45, 2.75) is 19.5 Å². The number of hydrogen-bond acceptors (Lipinski definition) is 5. The number of quaternary nitrogens is 1. The van der Waals surface area contributed by atoms with Gasteiger partial charge in [0.1, 0.15) is 18.1 Å². The monoisotopic (exact) mass is 574 g/mol. The van der Waals surface area contributed by atoms with Gasteiger partial charge in [0.25, 0.3) is 5.91 Å². The molecule has 1 saturated heterocycles. The number of benzene rings is 2. The van der Waals surface area contributed by atoms with Gasteiger partial charge in [-0.05, 0) is 19.1 Å². The second kappa shape index (κ2) is 11.7. The SMILES string of the molecule is COc1cc(OCC(=O)N2CC[N+](C)(Cc3ccc(F)cc3)CC2C)cc(OC)c1OC.[I-]. The summed E-state index contributed by atoms with van der Waals surface area (Å²) in [6.07, 6.45) is 0. The fourth-order valence-electron chi connectivity index (χ4n) is 4.31. The molecule has 1 aliphatic rings. The Morgan fingerprint density at radius 3 is 2.21 bits per heavy atom. The molecule has 3 rings (SSSR count). The van der Waals surface area contributed by atoms with Gasteiger partial charge in [0, 0.05) is 17.7 Å². The van der Waals surface area contributed by atoms with Crippen molar-refractivity contribution < 1.29 is 56.6 Å². The maximum atomic E-state index is 13.2. The zero-order valence-corrected chi connectivity index (χ0v) is 21.9. The predicted octanol–water partition coefficient (Wildman–Crippen LogP) is 0.112. The summed E-state index contributed by atoms with van der Waals surface area (Å²) in [5.41, 5.74) is 1.09. The molecule has 182 valence electrons. The topological polar surface area (TPSA) is 57.2 Å². The Kier molecular flexibility index (Phi) is 9.59. The van der Waals surface area contributed by atoms with Gasteiger partial charge in [-0.15, -0.1) is 0 Å². The van der Waals surface area contributed by atoms with Gasteiger partial charge in [0.2, 0.25) is 5.75 Å². The fourth-order valence-corrected chi connectivity index (χ4v) is 4.31. The minimum Gasteiger partial charge on any atom is -1.00 e. The second-order valence-electron chi connectivity index (χ2n) is 8.40. The van der Waals surface area contributed by atoms with Crippen LogP contribution in [0.25, 0.3) is 0 Å². The van der Waals surface area contributed by atoms with Gasteiger partial charge in [-0.3, -0.25) is 4.79 Å². The van der Waals surface area contributed by atoms with Gasteiger partial charge in [0.05, 0.1) is 54.1 Å². The summed E-state index contributed by atoms with van der Waals surface area (Å²) in [4.78, 5) is 14.7. The van der Waals surface area contributed by atoms with Crippen LogP contribution < -0.4 is 42.9 Å². The quantitative estimate of drug-likeness (QED) is 0.331. The lowest BCUT2D eigenvalue weighted by atomic mass is 10.1. The first-order chi connectivity index (χ1) is 15.3. The number of halogens is 2. The normalized spacial score (nSPS) is 19.9. The van der Waals surface area contributed by atoms with Crippen molar-refractivity contribution in [3.8, 4) is 23.0 Å². The predicted molar refractivity (Wildman–Crippen MR) is 119 cm³/mol. The number of carbonyl (C=O) groups excluding carboxylic acids is 1. The van der Waals surface area contributed by atoms with Crippen LogP contribution in [0.4, 0.5) is 4.39 Å². The van der Waals surface area contributed by atoms with E-state index in [1.54, 1.807) is 12.1 Å². The number of methoxy groups -OCH3 is 3. The van der Waals surface area contributed by atoms with Crippen molar-refractivity contribution in [2.75, 3.05) is 54.6 Å². The fraction of sp³-hybridized carbons (Fsp3) is 0.458. The van der Waals surface area contributed by atoms with E-state index in [0.717, 1.165) is 29.7 Å². The van der Waals surface area contributed by atoms with E-state index in [0.29, 0.717) is 29.5 Å². The van der Waals surface area contributed by atoms with Crippen LogP contribution >= 0.6 is 0 Å². The molecule has 9 heteroatoms. The molecule has 0 saturated carbocycles. The van der Waals surface area contributed by atoms with E-state index in [4.69, 9.17) is 18.9 Å². The molecule has 0 aliphatic carbocycles. The van der Waals surface area contributed by atoms with E-state index < -0.39 is 0 Å². The van der Waals surface area contributed by atoms with Crippen LogP contribution in [0.15, 0.2) is 36.4 Å². The van der Waals surface area contributed by atoms with E-state index in [1.807, 2.05) is 17.0 Å². The third-order valence-electron chi connectivity index (χ3n) is 5.92. The molecule has 0 bridgehead atoms. The Labute approximate surface area is 212 Å². The number of amides is 1. The lowest BCUT2D eigenvalue weighted by Crippen LogP contribution is -3.00. The Morgan fingerprint density at radius 2 is 1.70 bits per heavy atom. The zero-order chi connectivity index (χ0) is 23.3. The van der Waals surface area contributed by atoms with Crippen molar-refractivity contribution >= 4 is 5.91 Å². The van der Waals surface area contributed by atoms with E-state index in [-0.39, 0.29) is 48.3 Å². The number of piperazine rings is 1. The van der Waals surface area contributed by atoms with Crippen molar-refractivity contribution in [1.29, 1.82) is 0 Å². The molecule has 33 heavy (non-hydrogen) atoms. The molecular weight excluding hydrogens is 542 g/mol. The van der Waals surface area contributed by atoms with Crippen LogP contribution in [0.5, 0.6) is 23.0 Å². The number of hydrogen-bond donors (Lipinski definition) is 0. The zero-order valence-electron chi connectivity index (χ0n) is 19.8. The van der Waals surface area contributed by atoms with Crippen LogP contribution in [-0.2, 0) is 11.3 Å². The Balaban J connectivity index is 0.00000385. The van der Waals surface area contributed by atoms with E-state index in [1.165, 1.54) is 33.5 Å². The summed E-state index contributed by atoms with van der Waals surface area (Å²) in [5.74, 6) is 1.57. The van der Waals surface area contributed by atoms with E-state index in [2.05, 4.69) is 14.0 Å². The third kappa shape index (κ3) is 6.63. The van der Waals surface area contributed by atoms with Crippen LogP contribution in [0, 0.1) is 5.82 Å². The molecule has 7 nitrogen and oxygen atoms in total. The second-order valence-corrected chi connectivity index (χ2v) is 8.40. The molecule has 1 fully saturated rings. The largest absolute Gasteiger partial charge is 1.00 e. The molecule has 1 aliphatic heterocycles. The van der Waals surface area contributed by atoms with E-state index in [9.17, 15) is 9.18 Å². The molecule has 2 unspecified atom stereocenters. The molecule has 2 aromatic carbocycles. The molecular formula is C24H32FIN2O5. The van der Waals surface area contributed by atoms with Gasteiger partial charge in [-0.1, -0.05) is 12.1 Å². The first-order valence-corrected chi connectivity index (χ1v) is 10.6. The smallest absolute Gasteiger partial charge is 0.261 e. The highest BCUT2D eigenvalue weighted by atomic mass is 127. The van der Waals surface area contributed by atoms with Crippen LogP contribution in [0.3, 0.4) is 0 Å². The van der Waals surface area contributed by atoms with Crippen molar-refractivity contribution in [2.24, 2.45) is 0 Å². The van der Waals surface area contributed by atoms with Gasteiger partial charge in [-0.2, -0.15) is 0 Å². The van der Waals surface area contributed by atoms with Crippen molar-refractivity contribution in [3.63, 3.8) is 0 Å². The van der Waals surface area contributed by atoms with Gasteiger partial charge >= 0.3 is 0 Å². The Morgan fingerprint density at radius 1 is 1.09 bits per heavy atom. The Bertz CT molecular complexity index is 918. The highest BCUT2D eigenvalue weighted by Gasteiger charge is 2.36. The first kappa shape index (κ1) is 27.0. The highest BCUT2D eigenvalue weighted by Crippen LogP contribution is 2.40. The minimum absolute atomic E-state index is 0. The first-order valence-electron chi connectivity index (χ1n) is 10.6. The summed E-state index contributed by atoms with van der Waals surface area (Å²) in [7, 11) is 6.77. The summed E-state index contributed by atoms with van der Waals surface area (Å²) in [6, 6.07) is 10.0. The molecule has 0 aromatic heterocycles. The molecule has 1 amide bonds. The van der Waals surface area contributed by atoms with Crippen LogP contribution in [-0.4, -0.2) is 76.0 Å². The van der Waals surface area contributed by atoms with Gasteiger partial charge in [-0.25, -0.2) is 4.39 Å². The number of nitrogens with zero attached hydrogens (tertiary/aromatic N) is 2. The molecule has 1 heterocycles. The average molecular weight is 574 g/mol. The molecule has 0 radical (unpaired) electrons. The number of rotatable bonds is 8. The summed E-state index contributed by atoms with van der Waals surface area (Å²) in [6.45, 7) is 5.04. The number of carbonyl (C=O) groups is 1. The number of likely N-dealkylation sites (N-methyl/N-ethyl adjacent to an activating group) is 1. The van der Waals surface area contributed by atoms with E-state index >= 15 is 0 Å². The van der Waals surface area contributed by atoms with Crippen molar-refractivity contribution in [3.05, 3.63) is 47.8 Å². The van der Waals surface area contributed by atoms with Gasteiger partial charge < -0.3 is 52.3 Å². The maximum Gasteiger partial charge on any atom is 0.261 e. The highest BCUT2D eigenvalue weighted by molar-refractivity contribution is 5.78. The summed E-state index contributed by atoms with van der Waals surface area (Å²) in [5, 5.41) is 0. The molecule has 0 spiro atoms. The van der Waals surface area contributed by atoms with Gasteiger partial charge in [0.15, 0.2) is 18.1 Å². The van der Waals surface area contributed by atoms with Crippen molar-refractivity contribution in [1.82, 2.24) is 4.90 Å². The number of ether oxygens (including phenoxy) is 4.